The highest BCUT2D eigenvalue weighted by Crippen LogP contribution is 2.30. The molecule has 0 fully saturated rings. The van der Waals surface area contributed by atoms with E-state index < -0.39 is 20.4 Å². The van der Waals surface area contributed by atoms with Gasteiger partial charge in [-0.25, -0.2) is 10.1 Å². The Kier molecular flexibility index (Phi) is 5.77. The largest absolute Gasteiger partial charge is 0.301 e. The zero-order valence-electron chi connectivity index (χ0n) is 10.8. The Balaban J connectivity index is 2.14. The molecule has 0 aromatic carbocycles. The summed E-state index contributed by atoms with van der Waals surface area (Å²) < 4.78 is -0.401. The first-order valence-corrected chi connectivity index (χ1v) is 7.55. The van der Waals surface area contributed by atoms with E-state index in [1.165, 1.54) is 18.3 Å². The van der Waals surface area contributed by atoms with E-state index in [1.807, 2.05) is 0 Å². The highest BCUT2D eigenvalue weighted by molar-refractivity contribution is 7.99. The predicted octanol–water partition coefficient (Wildman–Crippen LogP) is 3.08. The monoisotopic (exact) mass is 394 g/mol. The second-order valence-corrected chi connectivity index (χ2v) is 5.97. The van der Waals surface area contributed by atoms with Crippen molar-refractivity contribution in [3.8, 4) is 0 Å². The fourth-order valence-corrected chi connectivity index (χ4v) is 2.26. The molecule has 0 spiro atoms. The standard InChI is InChI=1S/C10H5Cl3N6O3S/c11-5(6(12)13)7(20)15-9-16-10(18-17-9)23-8-4(19(21)22)2-1-3-14-8/h1-3H,(H2,15,16,17,18,20). The molecular weight excluding hydrogens is 391 g/mol. The Morgan fingerprint density at radius 1 is 1.39 bits per heavy atom. The summed E-state index contributed by atoms with van der Waals surface area (Å²) in [5.41, 5.74) is -0.187. The summed E-state index contributed by atoms with van der Waals surface area (Å²) in [6, 6.07) is 2.74. The second kappa shape index (κ2) is 7.59. The fraction of sp³-hybridized carbons (Fsp3) is 0. The Hall–Kier alpha value is -1.88. The molecule has 2 aromatic heterocycles. The average molecular weight is 396 g/mol. The van der Waals surface area contributed by atoms with E-state index in [4.69, 9.17) is 34.8 Å². The minimum Gasteiger partial charge on any atom is -0.290 e. The van der Waals surface area contributed by atoms with Gasteiger partial charge in [-0.1, -0.05) is 34.8 Å². The van der Waals surface area contributed by atoms with Crippen LogP contribution in [0.3, 0.4) is 0 Å². The third-order valence-electron chi connectivity index (χ3n) is 2.20. The summed E-state index contributed by atoms with van der Waals surface area (Å²) in [4.78, 5) is 29.7. The van der Waals surface area contributed by atoms with Crippen molar-refractivity contribution in [2.45, 2.75) is 10.2 Å². The number of amides is 1. The van der Waals surface area contributed by atoms with Gasteiger partial charge in [0, 0.05) is 12.3 Å². The van der Waals surface area contributed by atoms with Crippen molar-refractivity contribution in [2.75, 3.05) is 5.32 Å². The Morgan fingerprint density at radius 2 is 2.13 bits per heavy atom. The van der Waals surface area contributed by atoms with Crippen molar-refractivity contribution in [3.63, 3.8) is 0 Å². The van der Waals surface area contributed by atoms with Crippen LogP contribution < -0.4 is 5.32 Å². The number of halogens is 3. The van der Waals surface area contributed by atoms with Crippen molar-refractivity contribution in [3.05, 3.63) is 38.0 Å². The zero-order chi connectivity index (χ0) is 17.0. The van der Waals surface area contributed by atoms with Crippen LogP contribution in [0, 0.1) is 10.1 Å². The predicted molar refractivity (Wildman–Crippen MR) is 84.6 cm³/mol. The summed E-state index contributed by atoms with van der Waals surface area (Å²) in [6.45, 7) is 0. The molecule has 0 aliphatic heterocycles. The molecule has 0 aliphatic carbocycles. The molecule has 1 amide bonds. The molecule has 0 saturated carbocycles. The third-order valence-corrected chi connectivity index (χ3v) is 4.00. The van der Waals surface area contributed by atoms with Crippen LogP contribution in [0.1, 0.15) is 0 Å². The van der Waals surface area contributed by atoms with Gasteiger partial charge in [0.25, 0.3) is 5.91 Å². The zero-order valence-corrected chi connectivity index (χ0v) is 13.9. The number of hydrogen-bond acceptors (Lipinski definition) is 7. The topological polar surface area (TPSA) is 127 Å². The number of nitrogens with one attached hydrogen (secondary N) is 2. The van der Waals surface area contributed by atoms with Gasteiger partial charge in [-0.05, 0) is 17.8 Å². The smallest absolute Gasteiger partial charge is 0.290 e. The van der Waals surface area contributed by atoms with Crippen LogP contribution in [0.15, 0.2) is 38.0 Å². The van der Waals surface area contributed by atoms with E-state index in [0.717, 1.165) is 11.8 Å². The second-order valence-electron chi connectivity index (χ2n) is 3.68. The summed E-state index contributed by atoms with van der Waals surface area (Å²) in [5.74, 6) is -0.827. The lowest BCUT2D eigenvalue weighted by atomic mass is 10.4. The molecule has 2 heterocycles. The number of H-pyrrole nitrogens is 1. The number of rotatable bonds is 5. The van der Waals surface area contributed by atoms with Crippen LogP contribution >= 0.6 is 46.6 Å². The number of carbonyl (C=O) groups is 1. The molecule has 2 N–H and O–H groups in total. The lowest BCUT2D eigenvalue weighted by molar-refractivity contribution is -0.388. The maximum absolute atomic E-state index is 11.6. The van der Waals surface area contributed by atoms with Gasteiger partial charge in [-0.2, -0.15) is 4.98 Å². The van der Waals surface area contributed by atoms with E-state index >= 15 is 0 Å². The van der Waals surface area contributed by atoms with Crippen molar-refractivity contribution in [1.29, 1.82) is 0 Å². The lowest BCUT2D eigenvalue weighted by Crippen LogP contribution is -2.12. The number of aromatic amines is 1. The third kappa shape index (κ3) is 4.55. The van der Waals surface area contributed by atoms with Gasteiger partial charge in [0.15, 0.2) is 5.03 Å². The van der Waals surface area contributed by atoms with Crippen LogP contribution in [-0.4, -0.2) is 31.0 Å². The van der Waals surface area contributed by atoms with Crippen molar-refractivity contribution < 1.29 is 9.72 Å². The minimum absolute atomic E-state index is 0.0381. The maximum atomic E-state index is 11.6. The Labute approximate surface area is 147 Å². The number of anilines is 1. The van der Waals surface area contributed by atoms with Gasteiger partial charge < -0.3 is 0 Å². The van der Waals surface area contributed by atoms with Crippen molar-refractivity contribution in [2.24, 2.45) is 0 Å². The lowest BCUT2D eigenvalue weighted by Gasteiger charge is -1.99. The van der Waals surface area contributed by atoms with Gasteiger partial charge in [-0.15, -0.1) is 5.10 Å². The van der Waals surface area contributed by atoms with Gasteiger partial charge in [0.05, 0.1) is 4.92 Å². The minimum atomic E-state index is -0.789. The van der Waals surface area contributed by atoms with E-state index in [9.17, 15) is 14.9 Å². The van der Waals surface area contributed by atoms with Gasteiger partial charge >= 0.3 is 5.69 Å². The summed E-state index contributed by atoms with van der Waals surface area (Å²) >= 11 is 17.2. The molecular formula is C10H5Cl3N6O3S. The number of carbonyl (C=O) groups excluding carboxylic acids is 1. The summed E-state index contributed by atoms with van der Waals surface area (Å²) in [6.07, 6.45) is 1.40. The first-order valence-electron chi connectivity index (χ1n) is 5.60. The van der Waals surface area contributed by atoms with Gasteiger partial charge in [-0.3, -0.25) is 20.2 Å². The normalized spacial score (nSPS) is 10.2. The van der Waals surface area contributed by atoms with Crippen molar-refractivity contribution in [1.82, 2.24) is 20.2 Å². The summed E-state index contributed by atoms with van der Waals surface area (Å²) in [7, 11) is 0. The van der Waals surface area contributed by atoms with Crippen LogP contribution in [0.5, 0.6) is 0 Å². The van der Waals surface area contributed by atoms with E-state index in [1.54, 1.807) is 0 Å². The molecule has 0 aliphatic rings. The van der Waals surface area contributed by atoms with Gasteiger partial charge in [0.2, 0.25) is 11.1 Å². The molecule has 13 heteroatoms. The number of hydrogen-bond donors (Lipinski definition) is 2. The molecule has 0 bridgehead atoms. The molecule has 0 unspecified atom stereocenters. The number of nitrogens with zero attached hydrogens (tertiary/aromatic N) is 4. The number of pyridine rings is 1. The molecule has 0 atom stereocenters. The number of aromatic nitrogens is 4. The van der Waals surface area contributed by atoms with E-state index in [0.29, 0.717) is 0 Å². The highest BCUT2D eigenvalue weighted by atomic mass is 35.5. The fourth-order valence-electron chi connectivity index (χ4n) is 1.28. The molecule has 0 radical (unpaired) electrons. The molecule has 2 aromatic rings. The Bertz CT molecular complexity index is 792. The highest BCUT2D eigenvalue weighted by Gasteiger charge is 2.18. The van der Waals surface area contributed by atoms with Gasteiger partial charge in [0.1, 0.15) is 9.52 Å². The van der Waals surface area contributed by atoms with Crippen LogP contribution in [-0.2, 0) is 4.79 Å². The van der Waals surface area contributed by atoms with Crippen LogP contribution in [0.4, 0.5) is 11.6 Å². The quantitative estimate of drug-likeness (QED) is 0.452. The number of nitro groups is 1. The molecule has 23 heavy (non-hydrogen) atoms. The first-order chi connectivity index (χ1) is 10.9. The summed E-state index contributed by atoms with van der Waals surface area (Å²) in [5, 5.41) is 19.2. The SMILES string of the molecule is O=C(Nc1nc(Sc2ncccc2[N+](=O)[O-])n[nH]1)C(Cl)=C(Cl)Cl. The maximum Gasteiger partial charge on any atom is 0.301 e. The van der Waals surface area contributed by atoms with Crippen LogP contribution in [0.25, 0.3) is 0 Å². The molecule has 120 valence electrons. The van der Waals surface area contributed by atoms with E-state index in [2.05, 4.69) is 25.5 Å². The molecule has 0 saturated heterocycles. The van der Waals surface area contributed by atoms with E-state index in [-0.39, 0.29) is 21.8 Å². The molecule has 2 rings (SSSR count). The first kappa shape index (κ1) is 17.5. The van der Waals surface area contributed by atoms with Crippen molar-refractivity contribution >= 4 is 64.1 Å². The molecule has 9 nitrogen and oxygen atoms in total. The Morgan fingerprint density at radius 3 is 2.78 bits per heavy atom. The van der Waals surface area contributed by atoms with Crippen LogP contribution in [0.2, 0.25) is 0 Å². The average Bonchev–Trinajstić information content (AvgIpc) is 2.93.